The molecule has 0 bridgehead atoms. The Balaban J connectivity index is -0.000000845. The smallest absolute Gasteiger partial charge is 0.500 e. The molecule has 0 spiro atoms. The van der Waals surface area contributed by atoms with Crippen molar-refractivity contribution in [3.63, 3.8) is 0 Å². The molecule has 5 N–H and O–H groups in total. The molecule has 0 heterocycles. The number of hydrogen-bond donors (Lipinski definition) is 2. The van der Waals surface area contributed by atoms with Gasteiger partial charge in [0.05, 0.1) is 6.54 Å². The first-order valence-electron chi connectivity index (χ1n) is 4.92. The second kappa shape index (κ2) is 12.1. The van der Waals surface area contributed by atoms with Gasteiger partial charge in [0.2, 0.25) is 6.17 Å². The van der Waals surface area contributed by atoms with E-state index in [9.17, 15) is 0 Å². The lowest BCUT2D eigenvalue weighted by Gasteiger charge is -2.23. The van der Waals surface area contributed by atoms with E-state index in [2.05, 4.69) is 18.0 Å². The third kappa shape index (κ3) is 8.71. The van der Waals surface area contributed by atoms with Crippen LogP contribution in [0.25, 0.3) is 0 Å². The molecule has 0 saturated heterocycles. The lowest BCUT2D eigenvalue weighted by molar-refractivity contribution is -0.808. The van der Waals surface area contributed by atoms with Gasteiger partial charge in [-0.3, -0.25) is 5.32 Å². The molecule has 0 rings (SSSR count). The number of rotatable bonds is 8. The molecular weight excluding hydrogens is 271 g/mol. The van der Waals surface area contributed by atoms with Crippen LogP contribution in [0.3, 0.4) is 0 Å². The SMILES string of the molecule is CO[Si](CCC[NH2+]C(C)[NH3+])(OC)OC.[Cl-].[Cl-]. The Labute approximate surface area is 112 Å². The van der Waals surface area contributed by atoms with E-state index in [0.29, 0.717) is 6.17 Å². The first kappa shape index (κ1) is 21.8. The second-order valence-electron chi connectivity index (χ2n) is 3.40. The van der Waals surface area contributed by atoms with Crippen LogP contribution in [-0.4, -0.2) is 42.8 Å². The molecule has 0 aliphatic heterocycles. The topological polar surface area (TPSA) is 71.9 Å². The molecule has 1 unspecified atom stereocenters. The van der Waals surface area contributed by atoms with Crippen molar-refractivity contribution in [2.24, 2.45) is 0 Å². The van der Waals surface area contributed by atoms with E-state index < -0.39 is 8.80 Å². The van der Waals surface area contributed by atoms with E-state index in [4.69, 9.17) is 13.3 Å². The Hall–Kier alpha value is 0.597. The molecule has 8 heteroatoms. The van der Waals surface area contributed by atoms with Gasteiger partial charge in [-0.1, -0.05) is 0 Å². The van der Waals surface area contributed by atoms with Gasteiger partial charge in [-0.25, -0.2) is 0 Å². The fourth-order valence-corrected chi connectivity index (χ4v) is 3.03. The van der Waals surface area contributed by atoms with Gasteiger partial charge in [0.25, 0.3) is 0 Å². The third-order valence-corrected chi connectivity index (χ3v) is 5.02. The Morgan fingerprint density at radius 2 is 1.56 bits per heavy atom. The zero-order valence-electron chi connectivity index (χ0n) is 10.5. The summed E-state index contributed by atoms with van der Waals surface area (Å²) in [6, 6.07) is 0.861. The Bertz CT molecular complexity index is 143. The van der Waals surface area contributed by atoms with Gasteiger partial charge in [0.15, 0.2) is 0 Å². The number of hydrogen-bond acceptors (Lipinski definition) is 3. The van der Waals surface area contributed by atoms with Crippen molar-refractivity contribution in [1.29, 1.82) is 0 Å². The molecule has 16 heavy (non-hydrogen) atoms. The molecule has 0 radical (unpaired) electrons. The quantitative estimate of drug-likeness (QED) is 0.265. The molecule has 0 aromatic rings. The molecule has 0 aliphatic rings. The molecule has 5 nitrogen and oxygen atoms in total. The standard InChI is InChI=1S/C8H22N2O3Si.2ClH/c1-8(9)10-6-5-7-14(11-2,12-3)13-4;;/h8,10H,5-7,9H2,1-4H3;2*1H. The van der Waals surface area contributed by atoms with E-state index >= 15 is 0 Å². The lowest BCUT2D eigenvalue weighted by Crippen LogP contribution is -3.01. The second-order valence-corrected chi connectivity index (χ2v) is 6.49. The molecule has 0 aromatic heterocycles. The maximum atomic E-state index is 5.31. The van der Waals surface area contributed by atoms with Gasteiger partial charge >= 0.3 is 8.80 Å². The summed E-state index contributed by atoms with van der Waals surface area (Å²) in [6.07, 6.45) is 1.43. The summed E-state index contributed by atoms with van der Waals surface area (Å²) in [5.41, 5.74) is 3.89. The Kier molecular flexibility index (Phi) is 16.5. The number of halogens is 2. The van der Waals surface area contributed by atoms with Crippen LogP contribution in [0.5, 0.6) is 0 Å². The van der Waals surface area contributed by atoms with Crippen molar-refractivity contribution in [2.75, 3.05) is 27.9 Å². The van der Waals surface area contributed by atoms with Crippen molar-refractivity contribution in [3.05, 3.63) is 0 Å². The predicted octanol–water partition coefficient (Wildman–Crippen LogP) is -7.59. The number of nitrogens with two attached hydrogens (primary N) is 1. The fraction of sp³-hybridized carbons (Fsp3) is 1.00. The minimum atomic E-state index is -2.33. The van der Waals surface area contributed by atoms with Crippen LogP contribution in [0.2, 0.25) is 6.04 Å². The first-order chi connectivity index (χ1) is 6.60. The van der Waals surface area contributed by atoms with Gasteiger partial charge in [0.1, 0.15) is 0 Å². The van der Waals surface area contributed by atoms with Crippen LogP contribution in [-0.2, 0) is 13.3 Å². The molecule has 102 valence electrons. The first-order valence-corrected chi connectivity index (χ1v) is 6.85. The average Bonchev–Trinajstić information content (AvgIpc) is 2.19. The van der Waals surface area contributed by atoms with Gasteiger partial charge in [-0.15, -0.1) is 0 Å². The molecule has 1 atom stereocenters. The van der Waals surface area contributed by atoms with Crippen LogP contribution in [0.1, 0.15) is 13.3 Å². The molecule has 0 aliphatic carbocycles. The maximum absolute atomic E-state index is 5.31. The molecular formula is C8H24Cl2N2O3Si. The summed E-state index contributed by atoms with van der Waals surface area (Å²) < 4.78 is 15.9. The van der Waals surface area contributed by atoms with Crippen molar-refractivity contribution in [1.82, 2.24) is 0 Å². The lowest BCUT2D eigenvalue weighted by atomic mass is 10.4. The summed E-state index contributed by atoms with van der Waals surface area (Å²) in [4.78, 5) is 0. The van der Waals surface area contributed by atoms with Crippen molar-refractivity contribution >= 4 is 8.80 Å². The summed E-state index contributed by atoms with van der Waals surface area (Å²) >= 11 is 0. The predicted molar refractivity (Wildman–Crippen MR) is 55.3 cm³/mol. The van der Waals surface area contributed by atoms with Crippen LogP contribution in [0.15, 0.2) is 0 Å². The van der Waals surface area contributed by atoms with E-state index in [1.54, 1.807) is 21.3 Å². The molecule has 0 amide bonds. The molecule has 0 fully saturated rings. The van der Waals surface area contributed by atoms with Crippen molar-refractivity contribution < 1.29 is 49.1 Å². The van der Waals surface area contributed by atoms with Crippen LogP contribution in [0, 0.1) is 0 Å². The van der Waals surface area contributed by atoms with E-state index in [1.165, 1.54) is 0 Å². The third-order valence-electron chi connectivity index (χ3n) is 2.19. The van der Waals surface area contributed by atoms with Gasteiger partial charge in [0, 0.05) is 40.7 Å². The Morgan fingerprint density at radius 1 is 1.12 bits per heavy atom. The minimum absolute atomic E-state index is 0. The minimum Gasteiger partial charge on any atom is -1.00 e. The van der Waals surface area contributed by atoms with E-state index in [0.717, 1.165) is 19.0 Å². The van der Waals surface area contributed by atoms with Gasteiger partial charge in [-0.05, 0) is 0 Å². The monoisotopic (exact) mass is 294 g/mol. The summed E-state index contributed by atoms with van der Waals surface area (Å²) in [7, 11) is 2.61. The summed E-state index contributed by atoms with van der Waals surface area (Å²) in [6.45, 7) is 3.11. The highest BCUT2D eigenvalue weighted by Gasteiger charge is 2.37. The molecule has 0 aromatic carbocycles. The zero-order valence-corrected chi connectivity index (χ0v) is 13.0. The maximum Gasteiger partial charge on any atom is 0.500 e. The van der Waals surface area contributed by atoms with Crippen molar-refractivity contribution in [3.8, 4) is 0 Å². The van der Waals surface area contributed by atoms with E-state index in [-0.39, 0.29) is 24.8 Å². The Morgan fingerprint density at radius 3 is 1.88 bits per heavy atom. The highest BCUT2D eigenvalue weighted by atomic mass is 35.5. The van der Waals surface area contributed by atoms with Crippen LogP contribution in [0.4, 0.5) is 0 Å². The molecule has 0 saturated carbocycles. The van der Waals surface area contributed by atoms with Crippen LogP contribution < -0.4 is 35.9 Å². The average molecular weight is 295 g/mol. The van der Waals surface area contributed by atoms with Gasteiger partial charge in [-0.2, -0.15) is 0 Å². The van der Waals surface area contributed by atoms with Crippen molar-refractivity contribution in [2.45, 2.75) is 25.6 Å². The normalized spacial score (nSPS) is 12.6. The van der Waals surface area contributed by atoms with E-state index in [1.807, 2.05) is 0 Å². The number of quaternary nitrogens is 2. The summed E-state index contributed by atoms with van der Waals surface area (Å²) in [5.74, 6) is 0. The highest BCUT2D eigenvalue weighted by Crippen LogP contribution is 2.13. The summed E-state index contributed by atoms with van der Waals surface area (Å²) in [5, 5.41) is 2.19. The zero-order chi connectivity index (χ0) is 11.0. The largest absolute Gasteiger partial charge is 1.00 e. The highest BCUT2D eigenvalue weighted by molar-refractivity contribution is 6.60. The van der Waals surface area contributed by atoms with Gasteiger partial charge < -0.3 is 43.8 Å². The fourth-order valence-electron chi connectivity index (χ4n) is 1.28. The van der Waals surface area contributed by atoms with Crippen LogP contribution >= 0.6 is 0 Å².